The number of hydrogen-bond acceptors (Lipinski definition) is 4. The highest BCUT2D eigenvalue weighted by Gasteiger charge is 2.34. The summed E-state index contributed by atoms with van der Waals surface area (Å²) in [5.74, 6) is 0.291. The second-order valence-electron chi connectivity index (χ2n) is 6.17. The topological polar surface area (TPSA) is 71.8 Å². The molecule has 2 aromatic rings. The molecule has 1 fully saturated rings. The average molecular weight is 342 g/mol. The standard InChI is InChI=1S/C19H22N2O4/c1-24-13-15-6-3-2-5-14(15)10-20-19(23)16-9-18(22)21(11-16)12-17-7-4-8-25-17/h2-8,16H,9-13H2,1H3,(H,20,23). The van der Waals surface area contributed by atoms with Crippen LogP contribution in [-0.2, 0) is 34.0 Å². The van der Waals surface area contributed by atoms with E-state index in [-0.39, 0.29) is 24.2 Å². The Hall–Kier alpha value is -2.60. The van der Waals surface area contributed by atoms with Gasteiger partial charge in [0.05, 0.1) is 25.3 Å². The van der Waals surface area contributed by atoms with Crippen LogP contribution < -0.4 is 5.32 Å². The molecule has 1 N–H and O–H groups in total. The Morgan fingerprint density at radius 1 is 1.28 bits per heavy atom. The molecule has 1 unspecified atom stereocenters. The minimum absolute atomic E-state index is 0.0173. The second kappa shape index (κ2) is 7.98. The molecule has 0 spiro atoms. The van der Waals surface area contributed by atoms with Crippen molar-refractivity contribution in [3.05, 3.63) is 59.5 Å². The van der Waals surface area contributed by atoms with E-state index in [1.54, 1.807) is 24.3 Å². The Kier molecular flexibility index (Phi) is 5.50. The number of likely N-dealkylation sites (tertiary alicyclic amines) is 1. The van der Waals surface area contributed by atoms with E-state index < -0.39 is 0 Å². The zero-order valence-electron chi connectivity index (χ0n) is 14.2. The van der Waals surface area contributed by atoms with Crippen molar-refractivity contribution in [3.8, 4) is 0 Å². The van der Waals surface area contributed by atoms with Gasteiger partial charge in [-0.25, -0.2) is 0 Å². The van der Waals surface area contributed by atoms with Gasteiger partial charge < -0.3 is 19.4 Å². The van der Waals surface area contributed by atoms with Gasteiger partial charge in [-0.15, -0.1) is 0 Å². The van der Waals surface area contributed by atoms with Crippen LogP contribution in [0.3, 0.4) is 0 Å². The summed E-state index contributed by atoms with van der Waals surface area (Å²) in [6, 6.07) is 11.4. The van der Waals surface area contributed by atoms with Gasteiger partial charge in [-0.05, 0) is 23.3 Å². The molecule has 1 aliphatic rings. The van der Waals surface area contributed by atoms with Crippen LogP contribution in [0.2, 0.25) is 0 Å². The van der Waals surface area contributed by atoms with E-state index in [0.29, 0.717) is 26.2 Å². The van der Waals surface area contributed by atoms with Crippen LogP contribution in [0.15, 0.2) is 47.1 Å². The van der Waals surface area contributed by atoms with Gasteiger partial charge in [0.2, 0.25) is 11.8 Å². The van der Waals surface area contributed by atoms with Crippen LogP contribution in [0, 0.1) is 5.92 Å². The zero-order chi connectivity index (χ0) is 17.6. The van der Waals surface area contributed by atoms with Crippen molar-refractivity contribution >= 4 is 11.8 Å². The number of ether oxygens (including phenoxy) is 1. The van der Waals surface area contributed by atoms with Crippen molar-refractivity contribution in [2.75, 3.05) is 13.7 Å². The number of amides is 2. The first kappa shape index (κ1) is 17.2. The van der Waals surface area contributed by atoms with E-state index in [0.717, 1.165) is 16.9 Å². The number of nitrogens with zero attached hydrogens (tertiary/aromatic N) is 1. The predicted octanol–water partition coefficient (Wildman–Crippen LogP) is 2.09. The van der Waals surface area contributed by atoms with E-state index in [1.165, 1.54) is 0 Å². The molecule has 1 aromatic heterocycles. The summed E-state index contributed by atoms with van der Waals surface area (Å²) in [5, 5.41) is 2.94. The lowest BCUT2D eigenvalue weighted by Gasteiger charge is -2.15. The molecular weight excluding hydrogens is 320 g/mol. The van der Waals surface area contributed by atoms with Gasteiger partial charge in [0.25, 0.3) is 0 Å². The third-order valence-corrected chi connectivity index (χ3v) is 4.38. The number of nitrogens with one attached hydrogen (secondary N) is 1. The number of benzene rings is 1. The van der Waals surface area contributed by atoms with Crippen LogP contribution in [0.4, 0.5) is 0 Å². The minimum Gasteiger partial charge on any atom is -0.467 e. The molecule has 0 bridgehead atoms. The van der Waals surface area contributed by atoms with Gasteiger partial charge in [-0.2, -0.15) is 0 Å². The van der Waals surface area contributed by atoms with E-state index >= 15 is 0 Å². The van der Waals surface area contributed by atoms with Crippen molar-refractivity contribution in [2.45, 2.75) is 26.1 Å². The number of carbonyl (C=O) groups excluding carboxylic acids is 2. The van der Waals surface area contributed by atoms with Gasteiger partial charge in [-0.1, -0.05) is 24.3 Å². The molecule has 2 heterocycles. The number of hydrogen-bond donors (Lipinski definition) is 1. The van der Waals surface area contributed by atoms with E-state index in [2.05, 4.69) is 5.32 Å². The fourth-order valence-electron chi connectivity index (χ4n) is 3.04. The molecule has 2 amide bonds. The van der Waals surface area contributed by atoms with E-state index in [1.807, 2.05) is 30.3 Å². The maximum absolute atomic E-state index is 12.4. The third-order valence-electron chi connectivity index (χ3n) is 4.38. The zero-order valence-corrected chi connectivity index (χ0v) is 14.2. The number of methoxy groups -OCH3 is 1. The van der Waals surface area contributed by atoms with Crippen molar-refractivity contribution in [1.29, 1.82) is 0 Å². The Bertz CT molecular complexity index is 727. The molecule has 1 aliphatic heterocycles. The lowest BCUT2D eigenvalue weighted by molar-refractivity contribution is -0.129. The van der Waals surface area contributed by atoms with Crippen molar-refractivity contribution < 1.29 is 18.7 Å². The van der Waals surface area contributed by atoms with Gasteiger partial charge in [0.15, 0.2) is 0 Å². The normalized spacial score (nSPS) is 17.1. The highest BCUT2D eigenvalue weighted by atomic mass is 16.5. The quantitative estimate of drug-likeness (QED) is 0.836. The molecule has 6 nitrogen and oxygen atoms in total. The lowest BCUT2D eigenvalue weighted by atomic mass is 10.1. The number of carbonyl (C=O) groups is 2. The third kappa shape index (κ3) is 4.28. The first-order chi connectivity index (χ1) is 12.2. The van der Waals surface area contributed by atoms with Gasteiger partial charge in [-0.3, -0.25) is 9.59 Å². The Balaban J connectivity index is 1.54. The molecule has 0 saturated carbocycles. The Morgan fingerprint density at radius 3 is 2.80 bits per heavy atom. The van der Waals surface area contributed by atoms with Gasteiger partial charge in [0, 0.05) is 26.6 Å². The molecule has 1 saturated heterocycles. The largest absolute Gasteiger partial charge is 0.467 e. The van der Waals surface area contributed by atoms with E-state index in [4.69, 9.17) is 9.15 Å². The monoisotopic (exact) mass is 342 g/mol. The molecule has 3 rings (SSSR count). The minimum atomic E-state index is -0.322. The number of rotatable bonds is 7. The van der Waals surface area contributed by atoms with Crippen molar-refractivity contribution in [2.24, 2.45) is 5.92 Å². The van der Waals surface area contributed by atoms with E-state index in [9.17, 15) is 9.59 Å². The van der Waals surface area contributed by atoms with Crippen LogP contribution in [0.25, 0.3) is 0 Å². The summed E-state index contributed by atoms with van der Waals surface area (Å²) in [6.07, 6.45) is 1.82. The molecule has 6 heteroatoms. The summed E-state index contributed by atoms with van der Waals surface area (Å²) >= 11 is 0. The smallest absolute Gasteiger partial charge is 0.225 e. The van der Waals surface area contributed by atoms with Gasteiger partial charge in [0.1, 0.15) is 5.76 Å². The van der Waals surface area contributed by atoms with Crippen LogP contribution >= 0.6 is 0 Å². The average Bonchev–Trinajstić information content (AvgIpc) is 3.25. The number of furan rings is 1. The molecule has 132 valence electrons. The summed E-state index contributed by atoms with van der Waals surface area (Å²) < 4.78 is 10.5. The summed E-state index contributed by atoms with van der Waals surface area (Å²) in [4.78, 5) is 26.2. The fraction of sp³-hybridized carbons (Fsp3) is 0.368. The molecule has 1 aromatic carbocycles. The van der Waals surface area contributed by atoms with Crippen molar-refractivity contribution in [3.63, 3.8) is 0 Å². The molecule has 0 radical (unpaired) electrons. The second-order valence-corrected chi connectivity index (χ2v) is 6.17. The fourth-order valence-corrected chi connectivity index (χ4v) is 3.04. The summed E-state index contributed by atoms with van der Waals surface area (Å²) in [5.41, 5.74) is 2.07. The van der Waals surface area contributed by atoms with Gasteiger partial charge >= 0.3 is 0 Å². The molecular formula is C19H22N2O4. The SMILES string of the molecule is COCc1ccccc1CNC(=O)C1CC(=O)N(Cc2ccco2)C1. The highest BCUT2D eigenvalue weighted by Crippen LogP contribution is 2.21. The maximum Gasteiger partial charge on any atom is 0.225 e. The molecule has 0 aliphatic carbocycles. The van der Waals surface area contributed by atoms with Crippen LogP contribution in [0.5, 0.6) is 0 Å². The first-order valence-corrected chi connectivity index (χ1v) is 8.31. The van der Waals surface area contributed by atoms with Crippen LogP contribution in [0.1, 0.15) is 23.3 Å². The maximum atomic E-state index is 12.4. The molecule has 25 heavy (non-hydrogen) atoms. The highest BCUT2D eigenvalue weighted by molar-refractivity contribution is 5.89. The molecule has 1 atom stereocenters. The predicted molar refractivity (Wildman–Crippen MR) is 91.2 cm³/mol. The van der Waals surface area contributed by atoms with Crippen molar-refractivity contribution in [1.82, 2.24) is 10.2 Å². The Morgan fingerprint density at radius 2 is 2.08 bits per heavy atom. The Labute approximate surface area is 146 Å². The lowest BCUT2D eigenvalue weighted by Crippen LogP contribution is -2.32. The first-order valence-electron chi connectivity index (χ1n) is 8.31. The summed E-state index contributed by atoms with van der Waals surface area (Å²) in [6.45, 7) is 1.77. The summed E-state index contributed by atoms with van der Waals surface area (Å²) in [7, 11) is 1.65. The van der Waals surface area contributed by atoms with Crippen LogP contribution in [-0.4, -0.2) is 30.4 Å².